The molecule has 0 aliphatic rings. The molecule has 0 saturated heterocycles. The number of rotatable bonds is 3. The number of benzene rings is 2. The number of aromatic nitrogens is 2. The van der Waals surface area contributed by atoms with Gasteiger partial charge in [-0.1, -0.05) is 23.7 Å². The molecule has 96 valence electrons. The SMILES string of the molecule is Nc1ccc(OCc2ccc(Cl)cc2)c2nonc12. The van der Waals surface area contributed by atoms with Crippen molar-refractivity contribution in [3.63, 3.8) is 0 Å². The maximum Gasteiger partial charge on any atom is 0.179 e. The summed E-state index contributed by atoms with van der Waals surface area (Å²) in [6.07, 6.45) is 0. The Hall–Kier alpha value is -2.27. The zero-order chi connectivity index (χ0) is 13.2. The Labute approximate surface area is 113 Å². The van der Waals surface area contributed by atoms with Crippen molar-refractivity contribution >= 4 is 28.3 Å². The highest BCUT2D eigenvalue weighted by Crippen LogP contribution is 2.27. The van der Waals surface area contributed by atoms with Gasteiger partial charge in [-0.05, 0) is 40.1 Å². The Morgan fingerprint density at radius 2 is 1.79 bits per heavy atom. The molecule has 0 bridgehead atoms. The van der Waals surface area contributed by atoms with Crippen molar-refractivity contribution in [2.24, 2.45) is 0 Å². The third-order valence-corrected chi connectivity index (χ3v) is 2.97. The maximum absolute atomic E-state index is 5.82. The van der Waals surface area contributed by atoms with E-state index < -0.39 is 0 Å². The second-order valence-corrected chi connectivity index (χ2v) is 4.47. The van der Waals surface area contributed by atoms with Crippen LogP contribution in [0.1, 0.15) is 5.56 Å². The highest BCUT2D eigenvalue weighted by atomic mass is 35.5. The van der Waals surface area contributed by atoms with E-state index in [0.717, 1.165) is 5.56 Å². The van der Waals surface area contributed by atoms with Gasteiger partial charge < -0.3 is 10.5 Å². The molecule has 0 saturated carbocycles. The molecule has 0 spiro atoms. The summed E-state index contributed by atoms with van der Waals surface area (Å²) in [6.45, 7) is 0.406. The molecule has 6 heteroatoms. The molecule has 0 aliphatic carbocycles. The summed E-state index contributed by atoms with van der Waals surface area (Å²) in [5.41, 5.74) is 8.31. The fourth-order valence-electron chi connectivity index (χ4n) is 1.72. The quantitative estimate of drug-likeness (QED) is 0.744. The third-order valence-electron chi connectivity index (χ3n) is 2.72. The lowest BCUT2D eigenvalue weighted by Gasteiger charge is -2.06. The van der Waals surface area contributed by atoms with Crippen LogP contribution in [0.25, 0.3) is 11.0 Å². The Morgan fingerprint density at radius 1 is 1.05 bits per heavy atom. The monoisotopic (exact) mass is 275 g/mol. The first kappa shape index (κ1) is 11.8. The minimum atomic E-state index is 0.406. The number of fused-ring (bicyclic) bond motifs is 1. The summed E-state index contributed by atoms with van der Waals surface area (Å²) < 4.78 is 10.4. The smallest absolute Gasteiger partial charge is 0.179 e. The largest absolute Gasteiger partial charge is 0.486 e. The molecular weight excluding hydrogens is 266 g/mol. The van der Waals surface area contributed by atoms with E-state index in [4.69, 9.17) is 22.1 Å². The summed E-state index contributed by atoms with van der Waals surface area (Å²) in [6, 6.07) is 10.9. The van der Waals surface area contributed by atoms with Crippen molar-refractivity contribution < 1.29 is 9.37 Å². The predicted octanol–water partition coefficient (Wildman–Crippen LogP) is 3.04. The number of ether oxygens (including phenoxy) is 1. The van der Waals surface area contributed by atoms with Crippen LogP contribution in [0.4, 0.5) is 5.69 Å². The van der Waals surface area contributed by atoms with Crippen LogP contribution < -0.4 is 10.5 Å². The number of halogens is 1. The Morgan fingerprint density at radius 3 is 2.58 bits per heavy atom. The van der Waals surface area contributed by atoms with Crippen molar-refractivity contribution in [2.75, 3.05) is 5.73 Å². The molecule has 0 unspecified atom stereocenters. The molecule has 19 heavy (non-hydrogen) atoms. The van der Waals surface area contributed by atoms with E-state index in [2.05, 4.69) is 14.9 Å². The molecule has 0 fully saturated rings. The van der Waals surface area contributed by atoms with E-state index in [9.17, 15) is 0 Å². The van der Waals surface area contributed by atoms with E-state index in [1.54, 1.807) is 12.1 Å². The van der Waals surface area contributed by atoms with Crippen LogP contribution >= 0.6 is 11.6 Å². The van der Waals surface area contributed by atoms with Crippen LogP contribution in [0.15, 0.2) is 41.0 Å². The second-order valence-electron chi connectivity index (χ2n) is 4.03. The van der Waals surface area contributed by atoms with Crippen LogP contribution in [-0.4, -0.2) is 10.3 Å². The molecule has 0 aliphatic heterocycles. The zero-order valence-corrected chi connectivity index (χ0v) is 10.6. The predicted molar refractivity (Wildman–Crippen MR) is 72.0 cm³/mol. The highest BCUT2D eigenvalue weighted by molar-refractivity contribution is 6.30. The van der Waals surface area contributed by atoms with Gasteiger partial charge in [0.2, 0.25) is 0 Å². The normalized spacial score (nSPS) is 10.8. The summed E-state index contributed by atoms with van der Waals surface area (Å²) in [5.74, 6) is 0.584. The second kappa shape index (κ2) is 4.78. The molecule has 1 aromatic heterocycles. The Kier molecular flexibility index (Phi) is 2.97. The molecule has 0 amide bonds. The highest BCUT2D eigenvalue weighted by Gasteiger charge is 2.11. The number of nitrogen functional groups attached to an aromatic ring is 1. The Bertz CT molecular complexity index is 709. The molecule has 3 rings (SSSR count). The first-order valence-corrected chi connectivity index (χ1v) is 6.00. The lowest BCUT2D eigenvalue weighted by Crippen LogP contribution is -1.97. The topological polar surface area (TPSA) is 74.2 Å². The van der Waals surface area contributed by atoms with Gasteiger partial charge in [0.25, 0.3) is 0 Å². The van der Waals surface area contributed by atoms with E-state index in [-0.39, 0.29) is 0 Å². The molecule has 1 heterocycles. The number of anilines is 1. The van der Waals surface area contributed by atoms with Gasteiger partial charge in [0.05, 0.1) is 5.69 Å². The van der Waals surface area contributed by atoms with Crippen LogP contribution in [-0.2, 0) is 6.61 Å². The van der Waals surface area contributed by atoms with Crippen LogP contribution in [0, 0.1) is 0 Å². The summed E-state index contributed by atoms with van der Waals surface area (Å²) >= 11 is 5.82. The summed E-state index contributed by atoms with van der Waals surface area (Å²) in [4.78, 5) is 0. The van der Waals surface area contributed by atoms with Gasteiger partial charge in [-0.3, -0.25) is 0 Å². The van der Waals surface area contributed by atoms with Gasteiger partial charge in [0.15, 0.2) is 16.8 Å². The van der Waals surface area contributed by atoms with Crippen molar-refractivity contribution in [2.45, 2.75) is 6.61 Å². The number of hydrogen-bond donors (Lipinski definition) is 1. The first-order valence-electron chi connectivity index (χ1n) is 5.62. The van der Waals surface area contributed by atoms with Gasteiger partial charge in [-0.15, -0.1) is 0 Å². The summed E-state index contributed by atoms with van der Waals surface area (Å²) in [5, 5.41) is 8.22. The molecule has 2 N–H and O–H groups in total. The van der Waals surface area contributed by atoms with Crippen molar-refractivity contribution in [3.05, 3.63) is 47.0 Å². The number of nitrogens with two attached hydrogens (primary N) is 1. The molecular formula is C13H10ClN3O2. The van der Waals surface area contributed by atoms with Gasteiger partial charge in [-0.25, -0.2) is 4.63 Å². The standard InChI is InChI=1S/C13H10ClN3O2/c14-9-3-1-8(2-4-9)7-18-11-6-5-10(15)12-13(11)17-19-16-12/h1-6H,7,15H2. The average molecular weight is 276 g/mol. The molecule has 0 atom stereocenters. The van der Waals surface area contributed by atoms with Crippen molar-refractivity contribution in [3.8, 4) is 5.75 Å². The zero-order valence-electron chi connectivity index (χ0n) is 9.84. The maximum atomic E-state index is 5.82. The Balaban J connectivity index is 1.84. The van der Waals surface area contributed by atoms with E-state index >= 15 is 0 Å². The van der Waals surface area contributed by atoms with Crippen molar-refractivity contribution in [1.82, 2.24) is 10.3 Å². The fourth-order valence-corrected chi connectivity index (χ4v) is 1.85. The van der Waals surface area contributed by atoms with Crippen LogP contribution in [0.2, 0.25) is 5.02 Å². The molecule has 0 radical (unpaired) electrons. The van der Waals surface area contributed by atoms with Crippen LogP contribution in [0.3, 0.4) is 0 Å². The molecule has 5 nitrogen and oxygen atoms in total. The average Bonchev–Trinajstić information content (AvgIpc) is 2.90. The number of hydrogen-bond acceptors (Lipinski definition) is 5. The van der Waals surface area contributed by atoms with E-state index in [0.29, 0.717) is 34.1 Å². The van der Waals surface area contributed by atoms with Gasteiger partial charge in [-0.2, -0.15) is 0 Å². The van der Waals surface area contributed by atoms with Gasteiger partial charge >= 0.3 is 0 Å². The van der Waals surface area contributed by atoms with E-state index in [1.165, 1.54) is 0 Å². The fraction of sp³-hybridized carbons (Fsp3) is 0.0769. The van der Waals surface area contributed by atoms with Gasteiger partial charge in [0, 0.05) is 5.02 Å². The lowest BCUT2D eigenvalue weighted by molar-refractivity contribution is 0.299. The first-order chi connectivity index (χ1) is 9.24. The minimum Gasteiger partial charge on any atom is -0.486 e. The molecule has 3 aromatic rings. The number of nitrogens with zero attached hydrogens (tertiary/aromatic N) is 2. The van der Waals surface area contributed by atoms with Crippen molar-refractivity contribution in [1.29, 1.82) is 0 Å². The van der Waals surface area contributed by atoms with E-state index in [1.807, 2.05) is 24.3 Å². The lowest BCUT2D eigenvalue weighted by atomic mass is 10.2. The summed E-state index contributed by atoms with van der Waals surface area (Å²) in [7, 11) is 0. The van der Waals surface area contributed by atoms with Gasteiger partial charge in [0.1, 0.15) is 6.61 Å². The minimum absolute atomic E-state index is 0.406. The third kappa shape index (κ3) is 2.32. The van der Waals surface area contributed by atoms with Crippen LogP contribution in [0.5, 0.6) is 5.75 Å². The molecule has 2 aromatic carbocycles.